The van der Waals surface area contributed by atoms with Gasteiger partial charge in [0.25, 0.3) is 0 Å². The number of aromatic nitrogens is 2. The molecule has 7 unspecified atom stereocenters. The smallest absolute Gasteiger partial charge is 0.0750 e. The van der Waals surface area contributed by atoms with Gasteiger partial charge in [-0.3, -0.25) is 0 Å². The van der Waals surface area contributed by atoms with Crippen LogP contribution in [0.15, 0.2) is 72.8 Å². The molecule has 4 saturated carbocycles. The number of fused-ring (bicyclic) bond motifs is 13. The summed E-state index contributed by atoms with van der Waals surface area (Å²) in [7, 11) is 0. The molecule has 0 aliphatic heterocycles. The van der Waals surface area contributed by atoms with E-state index in [1.54, 1.807) is 16.7 Å². The molecule has 2 bridgehead atoms. The van der Waals surface area contributed by atoms with Crippen LogP contribution in [-0.2, 0) is 10.8 Å². The second-order valence-corrected chi connectivity index (χ2v) is 17.0. The Bertz CT molecular complexity index is 2180. The predicted octanol–water partition coefficient (Wildman–Crippen LogP) is 10.5. The number of nitrogens with zero attached hydrogens (tertiary/aromatic N) is 2. The quantitative estimate of drug-likeness (QED) is 0.210. The number of para-hydroxylation sites is 2. The van der Waals surface area contributed by atoms with E-state index >= 15 is 0 Å². The lowest BCUT2D eigenvalue weighted by molar-refractivity contribution is 0.0209. The van der Waals surface area contributed by atoms with Gasteiger partial charge in [-0.05, 0) is 93.6 Å². The van der Waals surface area contributed by atoms with Gasteiger partial charge in [0.15, 0.2) is 0 Å². The van der Waals surface area contributed by atoms with Crippen LogP contribution in [0, 0.1) is 21.7 Å². The highest BCUT2D eigenvalue weighted by Gasteiger charge is 3.03. The van der Waals surface area contributed by atoms with Gasteiger partial charge in [-0.25, -0.2) is 9.97 Å². The van der Waals surface area contributed by atoms with Crippen LogP contribution in [0.2, 0.25) is 0 Å². The number of hydrogen-bond acceptors (Lipinski definition) is 2. The van der Waals surface area contributed by atoms with Gasteiger partial charge in [0.1, 0.15) is 0 Å². The first-order valence-electron chi connectivity index (χ1n) is 17.0. The zero-order valence-electron chi connectivity index (χ0n) is 26.8. The first-order chi connectivity index (χ1) is 21.0. The van der Waals surface area contributed by atoms with Crippen LogP contribution in [0.1, 0.15) is 101 Å². The van der Waals surface area contributed by atoms with Crippen LogP contribution in [-0.4, -0.2) is 9.97 Å². The highest BCUT2D eigenvalue weighted by atomic mass is 15.1. The highest BCUT2D eigenvalue weighted by Crippen LogP contribution is 3.08. The predicted molar refractivity (Wildman–Crippen MR) is 179 cm³/mol. The maximum absolute atomic E-state index is 5.48. The van der Waals surface area contributed by atoms with Crippen LogP contribution in [0.25, 0.3) is 44.3 Å². The van der Waals surface area contributed by atoms with Crippen molar-refractivity contribution < 1.29 is 0 Å². The van der Waals surface area contributed by atoms with E-state index in [9.17, 15) is 0 Å². The second kappa shape index (κ2) is 6.84. The number of rotatable bonds is 2. The summed E-state index contributed by atoms with van der Waals surface area (Å²) in [6.45, 7) is 15.3. The summed E-state index contributed by atoms with van der Waals surface area (Å²) in [5.41, 5.74) is 15.5. The molecule has 5 aromatic rings. The third-order valence-electron chi connectivity index (χ3n) is 15.9. The minimum absolute atomic E-state index is 0.139. The molecule has 11 rings (SSSR count). The third-order valence-corrected chi connectivity index (χ3v) is 15.9. The van der Waals surface area contributed by atoms with E-state index in [-0.39, 0.29) is 16.2 Å². The monoisotopic (exact) mass is 572 g/mol. The summed E-state index contributed by atoms with van der Waals surface area (Å²) >= 11 is 0. The average molecular weight is 573 g/mol. The lowest BCUT2D eigenvalue weighted by Gasteiger charge is -2.52. The SMILES string of the molecule is CC12CCC(c3c1c(-c1ccc(-c4nc5ccccc5c5c4C4(C)CC6(C)C7(C)CC5C476)cc1)nc1ccccc31)C2(C)C. The van der Waals surface area contributed by atoms with Gasteiger partial charge in [0, 0.05) is 32.7 Å². The molecule has 2 heteroatoms. The van der Waals surface area contributed by atoms with Gasteiger partial charge >= 0.3 is 0 Å². The molecule has 0 saturated heterocycles. The molecule has 3 aromatic carbocycles. The molecular weight excluding hydrogens is 532 g/mol. The van der Waals surface area contributed by atoms with Crippen LogP contribution in [0.3, 0.4) is 0 Å². The van der Waals surface area contributed by atoms with Gasteiger partial charge < -0.3 is 0 Å². The fourth-order valence-corrected chi connectivity index (χ4v) is 13.9. The summed E-state index contributed by atoms with van der Waals surface area (Å²) in [6, 6.07) is 27.2. The Morgan fingerprint density at radius 2 is 1.11 bits per heavy atom. The van der Waals surface area contributed by atoms with Gasteiger partial charge in [-0.2, -0.15) is 0 Å². The van der Waals surface area contributed by atoms with Crippen molar-refractivity contribution in [2.24, 2.45) is 21.7 Å². The zero-order chi connectivity index (χ0) is 29.8. The molecule has 0 N–H and O–H groups in total. The van der Waals surface area contributed by atoms with E-state index in [1.807, 2.05) is 0 Å². The fraction of sp³-hybridized carbons (Fsp3) is 0.429. The number of hydrogen-bond donors (Lipinski definition) is 0. The summed E-state index contributed by atoms with van der Waals surface area (Å²) < 4.78 is 0. The summed E-state index contributed by atoms with van der Waals surface area (Å²) in [4.78, 5) is 10.9. The topological polar surface area (TPSA) is 25.8 Å². The van der Waals surface area contributed by atoms with Crippen LogP contribution in [0.4, 0.5) is 0 Å². The van der Waals surface area contributed by atoms with Crippen LogP contribution in [0.5, 0.6) is 0 Å². The van der Waals surface area contributed by atoms with E-state index in [2.05, 4.69) is 114 Å². The molecule has 0 amide bonds. The Morgan fingerprint density at radius 3 is 1.66 bits per heavy atom. The molecule has 1 spiro atoms. The van der Waals surface area contributed by atoms with Gasteiger partial charge in [0.05, 0.1) is 22.4 Å². The molecule has 6 aliphatic rings. The highest BCUT2D eigenvalue weighted by molar-refractivity contribution is 5.94. The van der Waals surface area contributed by atoms with E-state index in [1.165, 1.54) is 64.5 Å². The van der Waals surface area contributed by atoms with Crippen molar-refractivity contribution >= 4 is 21.8 Å². The molecule has 6 aliphatic carbocycles. The molecule has 44 heavy (non-hydrogen) atoms. The van der Waals surface area contributed by atoms with Crippen molar-refractivity contribution in [1.82, 2.24) is 9.97 Å². The van der Waals surface area contributed by atoms with Crippen molar-refractivity contribution in [3.05, 3.63) is 95.1 Å². The van der Waals surface area contributed by atoms with Gasteiger partial charge in [-0.15, -0.1) is 0 Å². The van der Waals surface area contributed by atoms with Gasteiger partial charge in [0.2, 0.25) is 0 Å². The summed E-state index contributed by atoms with van der Waals surface area (Å²) in [6.07, 6.45) is 5.16. The molecule has 0 radical (unpaired) electrons. The normalized spacial score (nSPS) is 39.0. The summed E-state index contributed by atoms with van der Waals surface area (Å²) in [5.74, 6) is 1.27. The average Bonchev–Trinajstić information content (AvgIpc) is 3.23. The fourth-order valence-electron chi connectivity index (χ4n) is 13.9. The molecule has 2 aromatic heterocycles. The van der Waals surface area contributed by atoms with Crippen molar-refractivity contribution in [2.45, 2.75) is 89.9 Å². The van der Waals surface area contributed by atoms with E-state index in [0.717, 1.165) is 11.0 Å². The second-order valence-electron chi connectivity index (χ2n) is 17.0. The van der Waals surface area contributed by atoms with Crippen molar-refractivity contribution in [3.63, 3.8) is 0 Å². The molecule has 2 heterocycles. The maximum atomic E-state index is 5.48. The maximum Gasteiger partial charge on any atom is 0.0750 e. The Hall–Kier alpha value is -3.52. The number of benzene rings is 3. The van der Waals surface area contributed by atoms with Crippen molar-refractivity contribution in [1.29, 1.82) is 0 Å². The largest absolute Gasteiger partial charge is 0.247 e. The van der Waals surface area contributed by atoms with E-state index in [0.29, 0.717) is 28.1 Å². The van der Waals surface area contributed by atoms with Crippen LogP contribution < -0.4 is 0 Å². The van der Waals surface area contributed by atoms with E-state index < -0.39 is 0 Å². The first-order valence-corrected chi connectivity index (χ1v) is 17.0. The molecule has 218 valence electrons. The summed E-state index contributed by atoms with van der Waals surface area (Å²) in [5, 5.41) is 2.76. The van der Waals surface area contributed by atoms with E-state index in [4.69, 9.17) is 9.97 Å². The Labute approximate surface area is 260 Å². The zero-order valence-corrected chi connectivity index (χ0v) is 26.8. The third kappa shape index (κ3) is 2.10. The minimum atomic E-state index is 0.139. The van der Waals surface area contributed by atoms with Crippen molar-refractivity contribution in [3.8, 4) is 22.5 Å². The number of pyridine rings is 2. The van der Waals surface area contributed by atoms with Crippen LogP contribution >= 0.6 is 0 Å². The Balaban J connectivity index is 1.11. The molecule has 7 atom stereocenters. The lowest BCUT2D eigenvalue weighted by Crippen LogP contribution is -2.49. The minimum Gasteiger partial charge on any atom is -0.247 e. The molecular formula is C42H40N2. The van der Waals surface area contributed by atoms with Crippen molar-refractivity contribution in [2.75, 3.05) is 0 Å². The Kier molecular flexibility index (Phi) is 3.85. The molecule has 2 nitrogen and oxygen atoms in total. The Morgan fingerprint density at radius 1 is 0.591 bits per heavy atom. The van der Waals surface area contributed by atoms with Gasteiger partial charge in [-0.1, -0.05) is 102 Å². The standard InChI is InChI=1S/C42H40N2/c1-37(2)27-19-20-38(37,3)33-31(27)25-11-7-9-13-29(25)43-35(33)23-15-17-24(18-16-23)36-34-32(26-12-8-10-14-30(26)44-36)28-21-40(5)41(6)22-39(34,4)42(28,40)41/h7-18,27-28H,19-22H2,1-6H3. The molecule has 4 fully saturated rings. The lowest BCUT2D eigenvalue weighted by atomic mass is 9.50. The first kappa shape index (κ1) is 24.8.